The SMILES string of the molecule is NNC(=O)C(=O)NN.NNC(=O)CCCCC(=O)NN. The number of carbonyl (C=O) groups excluding carboxylic acids is 4. The van der Waals surface area contributed by atoms with Crippen LogP contribution in [0.5, 0.6) is 0 Å². The van der Waals surface area contributed by atoms with Gasteiger partial charge in [-0.3, -0.25) is 40.9 Å². The number of hydrazine groups is 4. The van der Waals surface area contributed by atoms with Crippen LogP contribution in [0.25, 0.3) is 0 Å². The van der Waals surface area contributed by atoms with Gasteiger partial charge in [-0.15, -0.1) is 0 Å². The van der Waals surface area contributed by atoms with Crippen molar-refractivity contribution in [2.24, 2.45) is 23.4 Å². The van der Waals surface area contributed by atoms with Crippen molar-refractivity contribution in [1.82, 2.24) is 21.7 Å². The predicted octanol–water partition coefficient (Wildman–Crippen LogP) is -4.51. The van der Waals surface area contributed by atoms with Crippen LogP contribution < -0.4 is 45.1 Å². The molecule has 116 valence electrons. The monoisotopic (exact) mass is 292 g/mol. The fourth-order valence-electron chi connectivity index (χ4n) is 0.847. The van der Waals surface area contributed by atoms with Crippen molar-refractivity contribution < 1.29 is 19.2 Å². The number of carbonyl (C=O) groups is 4. The first-order chi connectivity index (χ1) is 9.42. The summed E-state index contributed by atoms with van der Waals surface area (Å²) in [6, 6.07) is 0. The van der Waals surface area contributed by atoms with Crippen LogP contribution in [0, 0.1) is 0 Å². The van der Waals surface area contributed by atoms with E-state index in [1.165, 1.54) is 0 Å². The smallest absolute Gasteiger partial charge is 0.294 e. The number of nitrogens with one attached hydrogen (secondary N) is 4. The molecule has 0 bridgehead atoms. The Kier molecular flexibility index (Phi) is 13.2. The first-order valence-electron chi connectivity index (χ1n) is 5.43. The predicted molar refractivity (Wildman–Crippen MR) is 67.8 cm³/mol. The number of hydrogen-bond donors (Lipinski definition) is 8. The van der Waals surface area contributed by atoms with Crippen LogP contribution in [0.2, 0.25) is 0 Å². The van der Waals surface area contributed by atoms with Crippen LogP contribution in [-0.4, -0.2) is 23.6 Å². The van der Waals surface area contributed by atoms with Gasteiger partial charge in [-0.2, -0.15) is 0 Å². The number of rotatable bonds is 5. The number of amides is 4. The molecule has 4 amide bonds. The lowest BCUT2D eigenvalue weighted by molar-refractivity contribution is -0.139. The fraction of sp³-hybridized carbons (Fsp3) is 0.500. The molecule has 0 aliphatic heterocycles. The van der Waals surface area contributed by atoms with Crippen LogP contribution in [0.1, 0.15) is 25.7 Å². The van der Waals surface area contributed by atoms with E-state index < -0.39 is 11.8 Å². The summed E-state index contributed by atoms with van der Waals surface area (Å²) < 4.78 is 0. The second kappa shape index (κ2) is 13.2. The summed E-state index contributed by atoms with van der Waals surface area (Å²) in [6.07, 6.45) is 1.95. The van der Waals surface area contributed by atoms with Gasteiger partial charge in [0.1, 0.15) is 0 Å². The summed E-state index contributed by atoms with van der Waals surface area (Å²) >= 11 is 0. The van der Waals surface area contributed by atoms with Crippen molar-refractivity contribution in [3.63, 3.8) is 0 Å². The summed E-state index contributed by atoms with van der Waals surface area (Å²) in [7, 11) is 0. The Morgan fingerprint density at radius 3 is 1.10 bits per heavy atom. The van der Waals surface area contributed by atoms with Gasteiger partial charge in [0.2, 0.25) is 11.8 Å². The van der Waals surface area contributed by atoms with Gasteiger partial charge >= 0.3 is 11.8 Å². The Bertz CT molecular complexity index is 302. The molecule has 0 aliphatic carbocycles. The van der Waals surface area contributed by atoms with E-state index in [4.69, 9.17) is 11.7 Å². The molecule has 20 heavy (non-hydrogen) atoms. The molecule has 0 aliphatic rings. The number of nitrogens with two attached hydrogens (primary N) is 4. The van der Waals surface area contributed by atoms with Crippen molar-refractivity contribution in [3.05, 3.63) is 0 Å². The molecule has 0 aromatic carbocycles. The number of unbranched alkanes of at least 4 members (excludes halogenated alkanes) is 1. The van der Waals surface area contributed by atoms with Crippen molar-refractivity contribution in [2.45, 2.75) is 25.7 Å². The molecular weight excluding hydrogens is 272 g/mol. The summed E-state index contributed by atoms with van der Waals surface area (Å²) in [6.45, 7) is 0. The molecule has 12 N–H and O–H groups in total. The van der Waals surface area contributed by atoms with Crippen LogP contribution >= 0.6 is 0 Å². The molecule has 0 aromatic rings. The van der Waals surface area contributed by atoms with Gasteiger partial charge in [0, 0.05) is 12.8 Å². The largest absolute Gasteiger partial charge is 0.324 e. The minimum atomic E-state index is -0.965. The van der Waals surface area contributed by atoms with Gasteiger partial charge in [0.25, 0.3) is 0 Å². The van der Waals surface area contributed by atoms with Gasteiger partial charge in [0.15, 0.2) is 0 Å². The fourth-order valence-corrected chi connectivity index (χ4v) is 0.847. The Labute approximate surface area is 114 Å². The summed E-state index contributed by atoms with van der Waals surface area (Å²) in [4.78, 5) is 41.2. The van der Waals surface area contributed by atoms with Gasteiger partial charge < -0.3 is 0 Å². The lowest BCUT2D eigenvalue weighted by Crippen LogP contribution is -2.45. The molecule has 0 saturated heterocycles. The van der Waals surface area contributed by atoms with Crippen molar-refractivity contribution in [3.8, 4) is 0 Å². The maximum absolute atomic E-state index is 10.6. The van der Waals surface area contributed by atoms with Crippen molar-refractivity contribution in [2.75, 3.05) is 0 Å². The Morgan fingerprint density at radius 2 is 0.900 bits per heavy atom. The molecule has 0 rings (SSSR count). The molecule has 12 nitrogen and oxygen atoms in total. The first kappa shape index (κ1) is 20.0. The Balaban J connectivity index is 0. The van der Waals surface area contributed by atoms with Crippen molar-refractivity contribution in [1.29, 1.82) is 0 Å². The van der Waals surface area contributed by atoms with E-state index in [9.17, 15) is 19.2 Å². The molecule has 12 heteroatoms. The second-order valence-electron chi connectivity index (χ2n) is 3.29. The Morgan fingerprint density at radius 1 is 0.600 bits per heavy atom. The zero-order chi connectivity index (χ0) is 16.0. The Hall–Kier alpha value is -2.28. The zero-order valence-electron chi connectivity index (χ0n) is 10.8. The van der Waals surface area contributed by atoms with Gasteiger partial charge in [-0.1, -0.05) is 0 Å². The molecule has 0 aromatic heterocycles. The van der Waals surface area contributed by atoms with Crippen LogP contribution in [0.3, 0.4) is 0 Å². The van der Waals surface area contributed by atoms with E-state index in [1.807, 2.05) is 10.9 Å². The van der Waals surface area contributed by atoms with Gasteiger partial charge in [-0.25, -0.2) is 23.4 Å². The molecule has 0 spiro atoms. The maximum Gasteiger partial charge on any atom is 0.324 e. The highest BCUT2D eigenvalue weighted by Crippen LogP contribution is 1.98. The third kappa shape index (κ3) is 12.2. The van der Waals surface area contributed by atoms with Gasteiger partial charge in [0.05, 0.1) is 0 Å². The quantitative estimate of drug-likeness (QED) is 0.0808. The molecule has 0 fully saturated rings. The van der Waals surface area contributed by atoms with Crippen molar-refractivity contribution >= 4 is 23.6 Å². The van der Waals surface area contributed by atoms with E-state index in [1.54, 1.807) is 10.9 Å². The van der Waals surface area contributed by atoms with Crippen LogP contribution in [0.4, 0.5) is 0 Å². The van der Waals surface area contributed by atoms with Crippen LogP contribution in [-0.2, 0) is 19.2 Å². The van der Waals surface area contributed by atoms with Gasteiger partial charge in [-0.05, 0) is 12.8 Å². The average molecular weight is 292 g/mol. The molecule has 0 radical (unpaired) electrons. The summed E-state index contributed by atoms with van der Waals surface area (Å²) in [5, 5.41) is 0. The zero-order valence-corrected chi connectivity index (χ0v) is 10.8. The molecular formula is C8H20N8O4. The normalized spacial score (nSPS) is 8.60. The molecule has 0 saturated carbocycles. The maximum atomic E-state index is 10.6. The lowest BCUT2D eigenvalue weighted by Gasteiger charge is -1.99. The van der Waals surface area contributed by atoms with E-state index in [2.05, 4.69) is 11.7 Å². The van der Waals surface area contributed by atoms with E-state index >= 15 is 0 Å². The molecule has 0 heterocycles. The average Bonchev–Trinajstić information content (AvgIpc) is 2.49. The highest BCUT2D eigenvalue weighted by molar-refractivity contribution is 6.34. The van der Waals surface area contributed by atoms with E-state index in [-0.39, 0.29) is 11.8 Å². The summed E-state index contributed by atoms with van der Waals surface area (Å²) in [5.74, 6) is 16.4. The first-order valence-corrected chi connectivity index (χ1v) is 5.43. The third-order valence-electron chi connectivity index (χ3n) is 1.85. The number of hydrogen-bond acceptors (Lipinski definition) is 8. The topological polar surface area (TPSA) is 220 Å². The standard InChI is InChI=1S/C6H14N4O2.C2H6N4O2/c7-9-5(11)3-1-2-4-6(12)10-8;3-5-1(7)2(8)6-4/h1-4,7-8H2,(H,9,11)(H,10,12);3-4H2,(H,5,7)(H,6,8). The van der Waals surface area contributed by atoms with Crippen LogP contribution in [0.15, 0.2) is 0 Å². The molecule has 0 atom stereocenters. The van der Waals surface area contributed by atoms with E-state index in [0.717, 1.165) is 0 Å². The third-order valence-corrected chi connectivity index (χ3v) is 1.85. The highest BCUT2D eigenvalue weighted by Gasteiger charge is 2.07. The minimum Gasteiger partial charge on any atom is -0.294 e. The molecule has 0 unspecified atom stereocenters. The second-order valence-corrected chi connectivity index (χ2v) is 3.29. The van der Waals surface area contributed by atoms with E-state index in [0.29, 0.717) is 25.7 Å². The highest BCUT2D eigenvalue weighted by atomic mass is 16.2. The minimum absolute atomic E-state index is 0.219. The lowest BCUT2D eigenvalue weighted by atomic mass is 10.2. The summed E-state index contributed by atoms with van der Waals surface area (Å²) in [5.41, 5.74) is 7.18.